The third-order valence-corrected chi connectivity index (χ3v) is 2.57. The predicted molar refractivity (Wildman–Crippen MR) is 68.9 cm³/mol. The lowest BCUT2D eigenvalue weighted by atomic mass is 10.1. The molecule has 2 aromatic rings. The van der Waals surface area contributed by atoms with Gasteiger partial charge in [-0.2, -0.15) is 4.73 Å². The van der Waals surface area contributed by atoms with Crippen LogP contribution >= 0.6 is 0 Å². The topological polar surface area (TPSA) is 70.1 Å². The smallest absolute Gasteiger partial charge is 0.283 e. The van der Waals surface area contributed by atoms with Crippen molar-refractivity contribution in [2.75, 3.05) is 0 Å². The number of aromatic nitrogens is 1. The second-order valence-electron chi connectivity index (χ2n) is 4.24. The minimum Gasteiger partial charge on any atom is -0.618 e. The second-order valence-corrected chi connectivity index (χ2v) is 4.24. The first-order valence-electron chi connectivity index (χ1n) is 5.45. The van der Waals surface area contributed by atoms with Crippen LogP contribution in [0.5, 0.6) is 0 Å². The summed E-state index contributed by atoms with van der Waals surface area (Å²) in [6.45, 7) is 3.77. The van der Waals surface area contributed by atoms with Crippen LogP contribution in [-0.2, 0) is 0 Å². The first-order chi connectivity index (χ1) is 8.50. The molecule has 0 aliphatic rings. The molecule has 5 nitrogen and oxygen atoms in total. The highest BCUT2D eigenvalue weighted by molar-refractivity contribution is 5.86. The molecule has 18 heavy (non-hydrogen) atoms. The molecule has 0 saturated heterocycles. The number of allylic oxidation sites excluding steroid dienone is 1. The van der Waals surface area contributed by atoms with Crippen molar-refractivity contribution in [2.24, 2.45) is 0 Å². The van der Waals surface area contributed by atoms with Crippen molar-refractivity contribution >= 4 is 22.7 Å². The lowest BCUT2D eigenvalue weighted by Gasteiger charge is -2.05. The molecule has 1 heterocycles. The fourth-order valence-corrected chi connectivity index (χ4v) is 1.83. The average molecular weight is 244 g/mol. The molecule has 0 bridgehead atoms. The van der Waals surface area contributed by atoms with Crippen LogP contribution in [-0.4, -0.2) is 4.92 Å². The lowest BCUT2D eigenvalue weighted by Crippen LogP contribution is -2.30. The molecule has 0 spiro atoms. The fourth-order valence-electron chi connectivity index (χ4n) is 1.83. The SMILES string of the molecule is CC(C)=Cc1ccc2c([N+](=O)[O-])cccc2[n+]1[O-]. The van der Waals surface area contributed by atoms with Crippen LogP contribution in [0.2, 0.25) is 0 Å². The predicted octanol–water partition coefficient (Wildman–Crippen LogP) is 2.80. The Morgan fingerprint density at radius 3 is 2.61 bits per heavy atom. The number of nitrogens with zero attached hydrogens (tertiary/aromatic N) is 2. The number of non-ortho nitro benzene ring substituents is 1. The molecule has 0 saturated carbocycles. The summed E-state index contributed by atoms with van der Waals surface area (Å²) >= 11 is 0. The number of rotatable bonds is 2. The second kappa shape index (κ2) is 4.44. The number of fused-ring (bicyclic) bond motifs is 1. The monoisotopic (exact) mass is 244 g/mol. The normalized spacial score (nSPS) is 10.3. The Hall–Kier alpha value is -2.43. The highest BCUT2D eigenvalue weighted by atomic mass is 16.6. The Balaban J connectivity index is 2.77. The molecule has 0 aliphatic carbocycles. The van der Waals surface area contributed by atoms with E-state index in [0.717, 1.165) is 10.3 Å². The third kappa shape index (κ3) is 2.02. The van der Waals surface area contributed by atoms with E-state index in [1.807, 2.05) is 13.8 Å². The lowest BCUT2D eigenvalue weighted by molar-refractivity contribution is -0.579. The van der Waals surface area contributed by atoms with Gasteiger partial charge < -0.3 is 5.21 Å². The van der Waals surface area contributed by atoms with Gasteiger partial charge in [0.15, 0.2) is 0 Å². The standard InChI is InChI=1S/C13H12N2O3/c1-9(2)8-10-6-7-11-12(14(10)16)4-3-5-13(11)15(17)18/h3-8H,1-2H3. The largest absolute Gasteiger partial charge is 0.618 e. The third-order valence-electron chi connectivity index (χ3n) is 2.57. The molecule has 92 valence electrons. The molecule has 5 heteroatoms. The highest BCUT2D eigenvalue weighted by Crippen LogP contribution is 2.23. The zero-order chi connectivity index (χ0) is 13.3. The van der Waals surface area contributed by atoms with Crippen LogP contribution in [0, 0.1) is 15.3 Å². The zero-order valence-electron chi connectivity index (χ0n) is 10.1. The van der Waals surface area contributed by atoms with Crippen LogP contribution < -0.4 is 4.73 Å². The van der Waals surface area contributed by atoms with Crippen molar-refractivity contribution in [3.8, 4) is 0 Å². The van der Waals surface area contributed by atoms with Gasteiger partial charge in [-0.1, -0.05) is 5.57 Å². The van der Waals surface area contributed by atoms with Gasteiger partial charge in [0, 0.05) is 24.3 Å². The maximum absolute atomic E-state index is 12.1. The Morgan fingerprint density at radius 2 is 2.00 bits per heavy atom. The first-order valence-corrected chi connectivity index (χ1v) is 5.45. The number of nitro benzene ring substituents is 1. The summed E-state index contributed by atoms with van der Waals surface area (Å²) in [7, 11) is 0. The molecule has 0 unspecified atom stereocenters. The Bertz CT molecular complexity index is 659. The number of benzene rings is 1. The number of nitro groups is 1. The Morgan fingerprint density at radius 1 is 1.28 bits per heavy atom. The molecule has 0 radical (unpaired) electrons. The van der Waals surface area contributed by atoms with E-state index in [-0.39, 0.29) is 5.69 Å². The highest BCUT2D eigenvalue weighted by Gasteiger charge is 2.17. The van der Waals surface area contributed by atoms with Crippen LogP contribution in [0.4, 0.5) is 5.69 Å². The maximum Gasteiger partial charge on any atom is 0.283 e. The summed E-state index contributed by atoms with van der Waals surface area (Å²) in [6.07, 6.45) is 1.74. The van der Waals surface area contributed by atoms with Gasteiger partial charge in [0.2, 0.25) is 11.2 Å². The quantitative estimate of drug-likeness (QED) is 0.353. The van der Waals surface area contributed by atoms with E-state index in [2.05, 4.69) is 0 Å². The van der Waals surface area contributed by atoms with Gasteiger partial charge in [-0.05, 0) is 26.0 Å². The Kier molecular flexibility index (Phi) is 2.97. The van der Waals surface area contributed by atoms with Crippen molar-refractivity contribution < 1.29 is 9.65 Å². The molecular weight excluding hydrogens is 232 g/mol. The van der Waals surface area contributed by atoms with Gasteiger partial charge in [-0.3, -0.25) is 10.1 Å². The molecule has 0 aliphatic heterocycles. The van der Waals surface area contributed by atoms with Crippen molar-refractivity contribution in [3.05, 3.63) is 56.9 Å². The average Bonchev–Trinajstić information content (AvgIpc) is 2.31. The summed E-state index contributed by atoms with van der Waals surface area (Å²) in [6, 6.07) is 7.69. The van der Waals surface area contributed by atoms with Crippen molar-refractivity contribution in [1.82, 2.24) is 0 Å². The van der Waals surface area contributed by atoms with E-state index in [1.165, 1.54) is 12.1 Å². The van der Waals surface area contributed by atoms with Gasteiger partial charge in [0.1, 0.15) is 5.39 Å². The van der Waals surface area contributed by atoms with Gasteiger partial charge in [-0.25, -0.2) is 0 Å². The summed E-state index contributed by atoms with van der Waals surface area (Å²) in [5.41, 5.74) is 1.72. The Labute approximate surface area is 104 Å². The van der Waals surface area contributed by atoms with Crippen LogP contribution in [0.25, 0.3) is 17.0 Å². The molecular formula is C13H12N2O3. The molecule has 2 rings (SSSR count). The van der Waals surface area contributed by atoms with Crippen LogP contribution in [0.15, 0.2) is 35.9 Å². The first kappa shape index (κ1) is 12.0. The van der Waals surface area contributed by atoms with Gasteiger partial charge in [-0.15, -0.1) is 0 Å². The van der Waals surface area contributed by atoms with E-state index in [1.54, 1.807) is 24.3 Å². The number of pyridine rings is 1. The summed E-state index contributed by atoms with van der Waals surface area (Å²) in [5, 5.41) is 23.3. The van der Waals surface area contributed by atoms with E-state index in [4.69, 9.17) is 0 Å². The number of hydrogen-bond acceptors (Lipinski definition) is 3. The summed E-state index contributed by atoms with van der Waals surface area (Å²) in [5.74, 6) is 0. The fraction of sp³-hybridized carbons (Fsp3) is 0.154. The van der Waals surface area contributed by atoms with E-state index >= 15 is 0 Å². The molecule has 1 aromatic heterocycles. The molecule has 1 aromatic carbocycles. The summed E-state index contributed by atoms with van der Waals surface area (Å²) < 4.78 is 0.718. The number of hydrogen-bond donors (Lipinski definition) is 0. The zero-order valence-corrected chi connectivity index (χ0v) is 10.1. The minimum absolute atomic E-state index is 0.0548. The van der Waals surface area contributed by atoms with Crippen molar-refractivity contribution in [3.63, 3.8) is 0 Å². The van der Waals surface area contributed by atoms with Gasteiger partial charge in [0.25, 0.3) is 5.69 Å². The van der Waals surface area contributed by atoms with E-state index in [0.29, 0.717) is 16.6 Å². The summed E-state index contributed by atoms with van der Waals surface area (Å²) in [4.78, 5) is 10.4. The molecule has 0 atom stereocenters. The minimum atomic E-state index is -0.483. The van der Waals surface area contributed by atoms with Crippen LogP contribution in [0.1, 0.15) is 19.5 Å². The molecule has 0 fully saturated rings. The van der Waals surface area contributed by atoms with Crippen molar-refractivity contribution in [1.29, 1.82) is 0 Å². The maximum atomic E-state index is 12.1. The van der Waals surface area contributed by atoms with E-state index < -0.39 is 4.92 Å². The van der Waals surface area contributed by atoms with E-state index in [9.17, 15) is 15.3 Å². The van der Waals surface area contributed by atoms with Crippen molar-refractivity contribution in [2.45, 2.75) is 13.8 Å². The van der Waals surface area contributed by atoms with Crippen LogP contribution in [0.3, 0.4) is 0 Å². The van der Waals surface area contributed by atoms with Gasteiger partial charge >= 0.3 is 0 Å². The molecule has 0 amide bonds. The van der Waals surface area contributed by atoms with Gasteiger partial charge in [0.05, 0.1) is 4.92 Å². The molecule has 0 N–H and O–H groups in total.